The summed E-state index contributed by atoms with van der Waals surface area (Å²) in [7, 11) is -2.26. The van der Waals surface area contributed by atoms with Crippen molar-refractivity contribution < 1.29 is 22.7 Å². The van der Waals surface area contributed by atoms with Gasteiger partial charge in [0.2, 0.25) is 15.9 Å². The van der Waals surface area contributed by atoms with Crippen LogP contribution in [0.4, 0.5) is 5.82 Å². The molecule has 0 spiro atoms. The maximum absolute atomic E-state index is 13.0. The second-order valence-electron chi connectivity index (χ2n) is 7.42. The molecule has 2 aromatic rings. The van der Waals surface area contributed by atoms with E-state index in [0.29, 0.717) is 24.6 Å². The quantitative estimate of drug-likeness (QED) is 0.719. The number of aryl methyl sites for hydroxylation is 2. The van der Waals surface area contributed by atoms with Crippen molar-refractivity contribution in [3.63, 3.8) is 0 Å². The number of morpholine rings is 1. The van der Waals surface area contributed by atoms with Gasteiger partial charge in [-0.1, -0.05) is 6.07 Å². The number of hydrogen-bond acceptors (Lipinski definition) is 6. The van der Waals surface area contributed by atoms with E-state index in [1.165, 1.54) is 22.3 Å². The summed E-state index contributed by atoms with van der Waals surface area (Å²) in [6.45, 7) is 4.59. The number of rotatable bonds is 6. The monoisotopic (exact) mass is 446 g/mol. The molecule has 1 fully saturated rings. The maximum atomic E-state index is 13.0. The van der Waals surface area contributed by atoms with Crippen molar-refractivity contribution in [1.82, 2.24) is 14.2 Å². The smallest absolute Gasteiger partial charge is 0.254 e. The molecule has 1 aliphatic rings. The highest BCUT2D eigenvalue weighted by Gasteiger charge is 2.29. The standard InChI is InChI=1S/C21H26N4O5S/c1-15-6-7-22-19(12-15)23-20(26)14-24(3)21(27)17-5-4-16(2)18(13-17)31(28,29)25-8-10-30-11-9-25/h4-7,12-13H,8-11,14H2,1-3H3,(H,22,23,26). The topological polar surface area (TPSA) is 109 Å². The van der Waals surface area contributed by atoms with Crippen LogP contribution in [-0.2, 0) is 19.6 Å². The molecule has 1 aromatic heterocycles. The molecule has 0 bridgehead atoms. The summed E-state index contributed by atoms with van der Waals surface area (Å²) in [6.07, 6.45) is 1.59. The molecular weight excluding hydrogens is 420 g/mol. The van der Waals surface area contributed by atoms with Crippen molar-refractivity contribution in [2.75, 3.05) is 45.2 Å². The van der Waals surface area contributed by atoms with Crippen LogP contribution in [0, 0.1) is 13.8 Å². The lowest BCUT2D eigenvalue weighted by Crippen LogP contribution is -2.41. The molecule has 1 aromatic carbocycles. The van der Waals surface area contributed by atoms with Crippen molar-refractivity contribution >= 4 is 27.7 Å². The zero-order chi connectivity index (χ0) is 22.6. The Hall–Kier alpha value is -2.82. The van der Waals surface area contributed by atoms with Crippen LogP contribution in [0.3, 0.4) is 0 Å². The number of ether oxygens (including phenoxy) is 1. The normalized spacial score (nSPS) is 14.8. The summed E-state index contributed by atoms with van der Waals surface area (Å²) < 4.78 is 32.7. The van der Waals surface area contributed by atoms with E-state index in [9.17, 15) is 18.0 Å². The second-order valence-corrected chi connectivity index (χ2v) is 9.33. The molecule has 10 heteroatoms. The first-order chi connectivity index (χ1) is 14.7. The van der Waals surface area contributed by atoms with Gasteiger partial charge >= 0.3 is 0 Å². The molecule has 1 aliphatic heterocycles. The van der Waals surface area contributed by atoms with Crippen LogP contribution in [0.2, 0.25) is 0 Å². The molecule has 2 heterocycles. The number of anilines is 1. The van der Waals surface area contributed by atoms with Crippen molar-refractivity contribution in [3.05, 3.63) is 53.2 Å². The van der Waals surface area contributed by atoms with Gasteiger partial charge in [0.25, 0.3) is 5.91 Å². The van der Waals surface area contributed by atoms with E-state index in [4.69, 9.17) is 4.74 Å². The number of likely N-dealkylation sites (N-methyl/N-ethyl adjacent to an activating group) is 1. The Morgan fingerprint density at radius 2 is 1.87 bits per heavy atom. The van der Waals surface area contributed by atoms with E-state index < -0.39 is 21.8 Å². The highest BCUT2D eigenvalue weighted by atomic mass is 32.2. The van der Waals surface area contributed by atoms with E-state index in [-0.39, 0.29) is 30.1 Å². The molecule has 0 unspecified atom stereocenters. The number of sulfonamides is 1. The highest BCUT2D eigenvalue weighted by molar-refractivity contribution is 7.89. The van der Waals surface area contributed by atoms with Gasteiger partial charge in [0.15, 0.2) is 0 Å². The summed E-state index contributed by atoms with van der Waals surface area (Å²) in [5, 5.41) is 2.65. The average Bonchev–Trinajstić information content (AvgIpc) is 2.74. The summed E-state index contributed by atoms with van der Waals surface area (Å²) in [5.74, 6) is -0.451. The number of nitrogens with zero attached hydrogens (tertiary/aromatic N) is 3. The summed E-state index contributed by atoms with van der Waals surface area (Å²) in [4.78, 5) is 30.5. The molecule has 31 heavy (non-hydrogen) atoms. The van der Waals surface area contributed by atoms with E-state index in [0.717, 1.165) is 5.56 Å². The van der Waals surface area contributed by atoms with Gasteiger partial charge in [-0.05, 0) is 49.2 Å². The number of pyridine rings is 1. The first kappa shape index (κ1) is 22.9. The summed E-state index contributed by atoms with van der Waals surface area (Å²) >= 11 is 0. The number of aromatic nitrogens is 1. The SMILES string of the molecule is Cc1ccnc(NC(=O)CN(C)C(=O)c2ccc(C)c(S(=O)(=O)N3CCOCC3)c2)c1. The number of benzene rings is 1. The predicted molar refractivity (Wildman–Crippen MR) is 115 cm³/mol. The van der Waals surface area contributed by atoms with Crippen molar-refractivity contribution in [2.45, 2.75) is 18.7 Å². The molecule has 0 saturated carbocycles. The molecular formula is C21H26N4O5S. The van der Waals surface area contributed by atoms with Gasteiger partial charge < -0.3 is 15.0 Å². The average molecular weight is 447 g/mol. The van der Waals surface area contributed by atoms with E-state index in [2.05, 4.69) is 10.3 Å². The minimum atomic E-state index is -3.75. The first-order valence-electron chi connectivity index (χ1n) is 9.85. The number of nitrogens with one attached hydrogen (secondary N) is 1. The fourth-order valence-electron chi connectivity index (χ4n) is 3.23. The van der Waals surface area contributed by atoms with E-state index >= 15 is 0 Å². The van der Waals surface area contributed by atoms with Gasteiger partial charge in [0.05, 0.1) is 24.7 Å². The highest BCUT2D eigenvalue weighted by Crippen LogP contribution is 2.23. The Labute approximate surface area is 182 Å². The summed E-state index contributed by atoms with van der Waals surface area (Å²) in [6, 6.07) is 8.07. The van der Waals surface area contributed by atoms with Crippen LogP contribution >= 0.6 is 0 Å². The first-order valence-corrected chi connectivity index (χ1v) is 11.3. The number of hydrogen-bond donors (Lipinski definition) is 1. The zero-order valence-electron chi connectivity index (χ0n) is 17.8. The third-order valence-corrected chi connectivity index (χ3v) is 6.97. The maximum Gasteiger partial charge on any atom is 0.254 e. The Kier molecular flexibility index (Phi) is 7.04. The van der Waals surface area contributed by atoms with Crippen LogP contribution in [0.15, 0.2) is 41.4 Å². The lowest BCUT2D eigenvalue weighted by Gasteiger charge is -2.27. The van der Waals surface area contributed by atoms with Gasteiger partial charge in [-0.3, -0.25) is 9.59 Å². The van der Waals surface area contributed by atoms with E-state index in [1.54, 1.807) is 31.3 Å². The van der Waals surface area contributed by atoms with Crippen LogP contribution in [0.25, 0.3) is 0 Å². The van der Waals surface area contributed by atoms with Gasteiger partial charge in [-0.2, -0.15) is 4.31 Å². The molecule has 0 radical (unpaired) electrons. The Morgan fingerprint density at radius 1 is 1.16 bits per heavy atom. The molecule has 1 N–H and O–H groups in total. The molecule has 0 atom stereocenters. The fourth-order valence-corrected chi connectivity index (χ4v) is 4.89. The Bertz CT molecular complexity index is 1080. The van der Waals surface area contributed by atoms with Gasteiger partial charge in [0.1, 0.15) is 5.82 Å². The van der Waals surface area contributed by atoms with Crippen molar-refractivity contribution in [1.29, 1.82) is 0 Å². The Morgan fingerprint density at radius 3 is 2.55 bits per heavy atom. The summed E-state index contributed by atoms with van der Waals surface area (Å²) in [5.41, 5.74) is 1.69. The molecule has 166 valence electrons. The predicted octanol–water partition coefficient (Wildman–Crippen LogP) is 1.43. The van der Waals surface area contributed by atoms with Gasteiger partial charge in [-0.15, -0.1) is 0 Å². The van der Waals surface area contributed by atoms with E-state index in [1.807, 2.05) is 13.0 Å². The van der Waals surface area contributed by atoms with Crippen molar-refractivity contribution in [2.24, 2.45) is 0 Å². The lowest BCUT2D eigenvalue weighted by atomic mass is 10.1. The third kappa shape index (κ3) is 5.46. The number of carbonyl (C=O) groups excluding carboxylic acids is 2. The molecule has 0 aliphatic carbocycles. The van der Waals surface area contributed by atoms with Crippen LogP contribution in [0.1, 0.15) is 21.5 Å². The number of amides is 2. The van der Waals surface area contributed by atoms with Crippen LogP contribution in [-0.4, -0.2) is 74.3 Å². The van der Waals surface area contributed by atoms with Crippen LogP contribution in [0.5, 0.6) is 0 Å². The van der Waals surface area contributed by atoms with Crippen molar-refractivity contribution in [3.8, 4) is 0 Å². The Balaban J connectivity index is 1.73. The fraction of sp³-hybridized carbons (Fsp3) is 0.381. The molecule has 3 rings (SSSR count). The van der Waals surface area contributed by atoms with Crippen LogP contribution < -0.4 is 5.32 Å². The largest absolute Gasteiger partial charge is 0.379 e. The van der Waals surface area contributed by atoms with Gasteiger partial charge in [0, 0.05) is 31.9 Å². The lowest BCUT2D eigenvalue weighted by molar-refractivity contribution is -0.116. The third-order valence-electron chi connectivity index (χ3n) is 4.93. The molecule has 2 amide bonds. The van der Waals surface area contributed by atoms with Gasteiger partial charge in [-0.25, -0.2) is 13.4 Å². The molecule has 9 nitrogen and oxygen atoms in total. The minimum Gasteiger partial charge on any atom is -0.379 e. The number of carbonyl (C=O) groups is 2. The minimum absolute atomic E-state index is 0.0852. The second kappa shape index (κ2) is 9.54. The zero-order valence-corrected chi connectivity index (χ0v) is 18.6. The molecule has 1 saturated heterocycles.